The number of hydrogen-bond donors (Lipinski definition) is 3. The molecule has 220 valence electrons. The van der Waals surface area contributed by atoms with Crippen molar-refractivity contribution in [2.24, 2.45) is 0 Å². The van der Waals surface area contributed by atoms with Crippen molar-refractivity contribution in [1.82, 2.24) is 0 Å². The van der Waals surface area contributed by atoms with Gasteiger partial charge in [0.15, 0.2) is 0 Å². The molecule has 10 nitrogen and oxygen atoms in total. The number of rotatable bonds is 8. The molecule has 1 aliphatic rings. The molecule has 0 aromatic heterocycles. The zero-order valence-corrected chi connectivity index (χ0v) is 24.3. The molecular weight excluding hydrogens is 592 g/mol. The van der Waals surface area contributed by atoms with E-state index in [9.17, 15) is 35.5 Å². The fourth-order valence-electron chi connectivity index (χ4n) is 5.02. The van der Waals surface area contributed by atoms with Crippen LogP contribution in [0.4, 0.5) is 11.4 Å². The quantitative estimate of drug-likeness (QED) is 0.145. The van der Waals surface area contributed by atoms with Crippen LogP contribution < -0.4 is 10.2 Å². The van der Waals surface area contributed by atoms with Crippen LogP contribution in [0.3, 0.4) is 0 Å². The first kappa shape index (κ1) is 29.9. The van der Waals surface area contributed by atoms with Gasteiger partial charge in [0.1, 0.15) is 9.79 Å². The van der Waals surface area contributed by atoms with Gasteiger partial charge in [-0.25, -0.2) is 0 Å². The third-order valence-electron chi connectivity index (χ3n) is 7.00. The highest BCUT2D eigenvalue weighted by Crippen LogP contribution is 2.34. The highest BCUT2D eigenvalue weighted by atomic mass is 32.2. The standard InChI is InChI=1S/C31H26N2O8S2/c34-29(32-26-19-18-24-25(31(26)43(39,40)41)11-7-13-28(24)42(36,37)38)14-5-6-15-30(35)33-20-23-10-2-1-8-21(23)16-17-22-9-3-4-12-27(22)33/h1-4,7-13,18-19H,5-6,14-15,20H2,(H,32,34)(H,36,37,38)(H,39,40,41). The van der Waals surface area contributed by atoms with Crippen molar-refractivity contribution in [2.75, 3.05) is 10.2 Å². The van der Waals surface area contributed by atoms with Gasteiger partial charge in [0.25, 0.3) is 20.2 Å². The monoisotopic (exact) mass is 618 g/mol. The average Bonchev–Trinajstić information content (AvgIpc) is 2.94. The fraction of sp³-hybridized carbons (Fsp3) is 0.161. The Morgan fingerprint density at radius 1 is 0.744 bits per heavy atom. The molecule has 1 aliphatic heterocycles. The highest BCUT2D eigenvalue weighted by molar-refractivity contribution is 7.86. The Balaban J connectivity index is 1.27. The van der Waals surface area contributed by atoms with Crippen LogP contribution in [0, 0.1) is 11.8 Å². The molecular formula is C31H26N2O8S2. The minimum absolute atomic E-state index is 0.0494. The van der Waals surface area contributed by atoms with Crippen molar-refractivity contribution < 1.29 is 35.5 Å². The molecule has 0 atom stereocenters. The van der Waals surface area contributed by atoms with E-state index in [2.05, 4.69) is 17.2 Å². The number of unbranched alkanes of at least 4 members (excludes halogenated alkanes) is 1. The highest BCUT2D eigenvalue weighted by Gasteiger charge is 2.25. The van der Waals surface area contributed by atoms with Crippen molar-refractivity contribution in [1.29, 1.82) is 0 Å². The summed E-state index contributed by atoms with van der Waals surface area (Å²) in [6.45, 7) is 0.348. The number of hydrogen-bond acceptors (Lipinski definition) is 6. The molecule has 1 heterocycles. The van der Waals surface area contributed by atoms with Gasteiger partial charge in [0, 0.05) is 34.7 Å². The lowest BCUT2D eigenvalue weighted by atomic mass is 10.0. The maximum atomic E-state index is 13.4. The molecule has 0 unspecified atom stereocenters. The van der Waals surface area contributed by atoms with Crippen LogP contribution in [0.5, 0.6) is 0 Å². The summed E-state index contributed by atoms with van der Waals surface area (Å²) in [5, 5.41) is 2.12. The normalized spacial score (nSPS) is 12.7. The molecule has 5 rings (SSSR count). The second-order valence-electron chi connectivity index (χ2n) is 9.90. The lowest BCUT2D eigenvalue weighted by Crippen LogP contribution is -2.31. The first-order chi connectivity index (χ1) is 20.4. The van der Waals surface area contributed by atoms with E-state index in [-0.39, 0.29) is 35.2 Å². The van der Waals surface area contributed by atoms with Crippen LogP contribution in [0.15, 0.2) is 88.7 Å². The maximum absolute atomic E-state index is 13.4. The Morgan fingerprint density at radius 2 is 1.42 bits per heavy atom. The Morgan fingerprint density at radius 3 is 2.16 bits per heavy atom. The number of anilines is 2. The van der Waals surface area contributed by atoms with Gasteiger partial charge in [-0.15, -0.1) is 0 Å². The molecule has 0 bridgehead atoms. The van der Waals surface area contributed by atoms with Crippen molar-refractivity contribution >= 4 is 54.2 Å². The Labute approximate surface area is 248 Å². The predicted molar refractivity (Wildman–Crippen MR) is 161 cm³/mol. The molecule has 0 saturated carbocycles. The van der Waals surface area contributed by atoms with E-state index in [0.717, 1.165) is 28.8 Å². The number of benzene rings is 4. The van der Waals surface area contributed by atoms with Crippen LogP contribution in [0.2, 0.25) is 0 Å². The third kappa shape index (κ3) is 6.60. The molecule has 0 fully saturated rings. The van der Waals surface area contributed by atoms with Gasteiger partial charge in [0.05, 0.1) is 17.9 Å². The zero-order valence-electron chi connectivity index (χ0n) is 22.6. The molecule has 12 heteroatoms. The van der Waals surface area contributed by atoms with Gasteiger partial charge < -0.3 is 10.2 Å². The summed E-state index contributed by atoms with van der Waals surface area (Å²) in [5.41, 5.74) is 2.96. The van der Waals surface area contributed by atoms with E-state index in [1.807, 2.05) is 48.5 Å². The van der Waals surface area contributed by atoms with Crippen LogP contribution in [0.1, 0.15) is 42.4 Å². The van der Waals surface area contributed by atoms with Gasteiger partial charge in [-0.3, -0.25) is 18.7 Å². The summed E-state index contributed by atoms with van der Waals surface area (Å²) in [4.78, 5) is 26.6. The van der Waals surface area contributed by atoms with E-state index in [1.165, 1.54) is 18.2 Å². The molecule has 0 aliphatic carbocycles. The Kier molecular flexibility index (Phi) is 8.34. The van der Waals surface area contributed by atoms with Gasteiger partial charge >= 0.3 is 0 Å². The van der Waals surface area contributed by atoms with Crippen molar-refractivity contribution in [3.05, 3.63) is 95.6 Å². The molecule has 2 amide bonds. The SMILES string of the molecule is O=C(CCCCC(=O)N1Cc2ccccc2C#Cc2ccccc21)Nc1ccc2c(S(=O)(=O)O)cccc2c1S(=O)(=O)O. The molecule has 4 aromatic rings. The number of amides is 2. The molecule has 0 spiro atoms. The van der Waals surface area contributed by atoms with Crippen LogP contribution in [-0.4, -0.2) is 37.8 Å². The summed E-state index contributed by atoms with van der Waals surface area (Å²) in [6, 6.07) is 21.0. The van der Waals surface area contributed by atoms with E-state index < -0.39 is 35.9 Å². The van der Waals surface area contributed by atoms with Crippen molar-refractivity contribution in [2.45, 2.75) is 42.0 Å². The van der Waals surface area contributed by atoms with Gasteiger partial charge in [-0.05, 0) is 48.7 Å². The number of carbonyl (C=O) groups excluding carboxylic acids is 2. The molecule has 43 heavy (non-hydrogen) atoms. The smallest absolute Gasteiger partial charge is 0.297 e. The number of nitrogens with zero attached hydrogens (tertiary/aromatic N) is 1. The maximum Gasteiger partial charge on any atom is 0.297 e. The summed E-state index contributed by atoms with van der Waals surface area (Å²) >= 11 is 0. The van der Waals surface area contributed by atoms with E-state index >= 15 is 0 Å². The second kappa shape index (κ2) is 12.0. The van der Waals surface area contributed by atoms with Crippen LogP contribution in [0.25, 0.3) is 10.8 Å². The molecule has 3 N–H and O–H groups in total. The first-order valence-electron chi connectivity index (χ1n) is 13.2. The largest absolute Gasteiger partial charge is 0.325 e. The molecule has 0 radical (unpaired) electrons. The lowest BCUT2D eigenvalue weighted by Gasteiger charge is -2.26. The predicted octanol–water partition coefficient (Wildman–Crippen LogP) is 4.78. The second-order valence-corrected chi connectivity index (χ2v) is 12.7. The number of carbonyl (C=O) groups is 2. The number of para-hydroxylation sites is 1. The van der Waals surface area contributed by atoms with Gasteiger partial charge in [-0.1, -0.05) is 60.4 Å². The van der Waals surface area contributed by atoms with Crippen molar-refractivity contribution in [3.8, 4) is 11.8 Å². The minimum atomic E-state index is -4.92. The zero-order chi connectivity index (χ0) is 30.8. The van der Waals surface area contributed by atoms with E-state index in [4.69, 9.17) is 0 Å². The third-order valence-corrected chi connectivity index (χ3v) is 8.87. The number of nitrogens with one attached hydrogen (secondary N) is 1. The van der Waals surface area contributed by atoms with Crippen molar-refractivity contribution in [3.63, 3.8) is 0 Å². The first-order valence-corrected chi connectivity index (χ1v) is 16.1. The summed E-state index contributed by atoms with van der Waals surface area (Å²) < 4.78 is 67.4. The number of fused-ring (bicyclic) bond motifs is 3. The molecule has 0 saturated heterocycles. The Bertz CT molecular complexity index is 2050. The summed E-state index contributed by atoms with van der Waals surface area (Å²) in [5.74, 6) is 5.62. The summed E-state index contributed by atoms with van der Waals surface area (Å²) in [6.07, 6.45) is 0.790. The van der Waals surface area contributed by atoms with Gasteiger partial charge in [-0.2, -0.15) is 16.8 Å². The topological polar surface area (TPSA) is 158 Å². The van der Waals surface area contributed by atoms with Crippen LogP contribution >= 0.6 is 0 Å². The average molecular weight is 619 g/mol. The lowest BCUT2D eigenvalue weighted by molar-refractivity contribution is -0.119. The fourth-order valence-corrected chi connectivity index (χ4v) is 6.58. The van der Waals surface area contributed by atoms with Gasteiger partial charge in [0.2, 0.25) is 11.8 Å². The van der Waals surface area contributed by atoms with E-state index in [0.29, 0.717) is 25.1 Å². The molecule has 4 aromatic carbocycles. The van der Waals surface area contributed by atoms with E-state index in [1.54, 1.807) is 4.90 Å². The minimum Gasteiger partial charge on any atom is -0.325 e. The van der Waals surface area contributed by atoms with Crippen LogP contribution in [-0.2, 0) is 36.4 Å². The Hall–Kier alpha value is -4.54. The summed E-state index contributed by atoms with van der Waals surface area (Å²) in [7, 11) is -9.61.